The van der Waals surface area contributed by atoms with Gasteiger partial charge in [0.25, 0.3) is 0 Å². The van der Waals surface area contributed by atoms with Crippen LogP contribution in [0.25, 0.3) is 10.8 Å². The van der Waals surface area contributed by atoms with Gasteiger partial charge in [-0.2, -0.15) is 5.10 Å². The van der Waals surface area contributed by atoms with Crippen LogP contribution in [-0.4, -0.2) is 6.03 Å². The fourth-order valence-electron chi connectivity index (χ4n) is 2.20. The van der Waals surface area contributed by atoms with E-state index >= 15 is 0 Å². The minimum Gasteiger partial charge on any atom is -0.301 e. The van der Waals surface area contributed by atoms with Gasteiger partial charge >= 0.3 is 6.03 Å². The molecule has 0 saturated heterocycles. The van der Waals surface area contributed by atoms with Crippen molar-refractivity contribution in [3.8, 4) is 0 Å². The Bertz CT molecular complexity index is 1030. The standard InChI is InChI=1S/C16H9F2N3O3/c17-10-6-3-7-11(18)12(10)19-16(24)21-20-13-14(22)8-4-1-2-5-9(8)15(13)23/h1-7H,(H2,19,21,24). The van der Waals surface area contributed by atoms with E-state index in [0.717, 1.165) is 18.2 Å². The molecule has 24 heavy (non-hydrogen) atoms. The third-order valence-electron chi connectivity index (χ3n) is 3.32. The van der Waals surface area contributed by atoms with Crippen LogP contribution in [0.5, 0.6) is 0 Å². The van der Waals surface area contributed by atoms with Crippen molar-refractivity contribution in [3.05, 3.63) is 79.9 Å². The van der Waals surface area contributed by atoms with Gasteiger partial charge in [0.15, 0.2) is 5.36 Å². The van der Waals surface area contributed by atoms with Gasteiger partial charge in [-0.05, 0) is 12.1 Å². The molecule has 120 valence electrons. The maximum atomic E-state index is 13.4. The summed E-state index contributed by atoms with van der Waals surface area (Å²) in [5.74, 6) is -1.95. The lowest BCUT2D eigenvalue weighted by Crippen LogP contribution is -2.37. The molecule has 6 nitrogen and oxygen atoms in total. The van der Waals surface area contributed by atoms with Crippen molar-refractivity contribution in [2.45, 2.75) is 0 Å². The van der Waals surface area contributed by atoms with Crippen LogP contribution in [0.15, 0.2) is 57.2 Å². The first-order chi connectivity index (χ1) is 11.5. The van der Waals surface area contributed by atoms with Gasteiger partial charge in [0.1, 0.15) is 17.3 Å². The number of hydrogen-bond acceptors (Lipinski definition) is 4. The van der Waals surface area contributed by atoms with Gasteiger partial charge in [0, 0.05) is 10.8 Å². The molecule has 0 heterocycles. The van der Waals surface area contributed by atoms with Crippen LogP contribution in [0.3, 0.4) is 0 Å². The molecule has 3 aromatic carbocycles. The molecule has 0 aliphatic rings. The van der Waals surface area contributed by atoms with Crippen molar-refractivity contribution in [2.24, 2.45) is 5.10 Å². The third-order valence-corrected chi connectivity index (χ3v) is 3.32. The summed E-state index contributed by atoms with van der Waals surface area (Å²) >= 11 is 0. The number of carbonyl (C=O) groups excluding carboxylic acids is 1. The average Bonchev–Trinajstić information content (AvgIpc) is 2.81. The van der Waals surface area contributed by atoms with E-state index < -0.39 is 39.6 Å². The maximum absolute atomic E-state index is 13.4. The molecule has 0 saturated carbocycles. The normalized spacial score (nSPS) is 10.6. The second kappa shape index (κ2) is 5.99. The van der Waals surface area contributed by atoms with Crippen molar-refractivity contribution in [1.29, 1.82) is 0 Å². The molecule has 0 radical (unpaired) electrons. The summed E-state index contributed by atoms with van der Waals surface area (Å²) in [5, 5.41) is 5.29. The minimum absolute atomic E-state index is 0.184. The van der Waals surface area contributed by atoms with E-state index in [1.165, 1.54) is 12.1 Å². The molecule has 2 N–H and O–H groups in total. The van der Waals surface area contributed by atoms with Gasteiger partial charge in [-0.15, -0.1) is 0 Å². The topological polar surface area (TPSA) is 87.6 Å². The molecule has 0 atom stereocenters. The highest BCUT2D eigenvalue weighted by Gasteiger charge is 2.13. The molecule has 3 aromatic rings. The monoisotopic (exact) mass is 329 g/mol. The highest BCUT2D eigenvalue weighted by Crippen LogP contribution is 2.17. The highest BCUT2D eigenvalue weighted by molar-refractivity contribution is 5.89. The zero-order valence-corrected chi connectivity index (χ0v) is 12.0. The molecule has 0 aliphatic carbocycles. The number of halogens is 2. The number of nitrogens with zero attached hydrogens (tertiary/aromatic N) is 1. The van der Waals surface area contributed by atoms with Crippen molar-refractivity contribution in [3.63, 3.8) is 0 Å². The minimum atomic E-state index is -1.09. The molecule has 2 amide bonds. The van der Waals surface area contributed by atoms with Crippen LogP contribution in [0, 0.1) is 11.6 Å². The molecular weight excluding hydrogens is 320 g/mol. The van der Waals surface area contributed by atoms with E-state index in [4.69, 9.17) is 0 Å². The Labute approximate surface area is 132 Å². The number of anilines is 1. The summed E-state index contributed by atoms with van der Waals surface area (Å²) in [4.78, 5) is 35.8. The number of fused-ring (bicyclic) bond motifs is 1. The largest absolute Gasteiger partial charge is 0.339 e. The quantitative estimate of drug-likeness (QED) is 0.696. The van der Waals surface area contributed by atoms with Crippen LogP contribution < -0.4 is 27.0 Å². The fourth-order valence-corrected chi connectivity index (χ4v) is 2.20. The smallest absolute Gasteiger partial charge is 0.301 e. The van der Waals surface area contributed by atoms with Crippen LogP contribution in [0.1, 0.15) is 0 Å². The first-order valence-corrected chi connectivity index (χ1v) is 6.76. The zero-order valence-electron chi connectivity index (χ0n) is 12.0. The molecule has 3 rings (SSSR count). The number of nitrogens with one attached hydrogen (secondary N) is 2. The molecule has 0 aromatic heterocycles. The Hall–Kier alpha value is -3.42. The summed E-state index contributed by atoms with van der Waals surface area (Å²) in [6.45, 7) is 0. The average molecular weight is 329 g/mol. The molecule has 8 heteroatoms. The predicted molar refractivity (Wildman–Crippen MR) is 82.9 cm³/mol. The first-order valence-electron chi connectivity index (χ1n) is 6.76. The van der Waals surface area contributed by atoms with Gasteiger partial charge in [0.2, 0.25) is 10.9 Å². The van der Waals surface area contributed by atoms with Crippen LogP contribution >= 0.6 is 0 Å². The summed E-state index contributed by atoms with van der Waals surface area (Å²) in [6, 6.07) is 8.09. The van der Waals surface area contributed by atoms with E-state index in [1.54, 1.807) is 12.1 Å². The van der Waals surface area contributed by atoms with Gasteiger partial charge in [0.05, 0.1) is 0 Å². The SMILES string of the molecule is O=C(NN=c1c(=O)c2ccccc2c1=O)Nc1c(F)cccc1F. The highest BCUT2D eigenvalue weighted by atomic mass is 19.1. The van der Waals surface area contributed by atoms with E-state index in [1.807, 2.05) is 10.7 Å². The number of rotatable bonds is 2. The Morgan fingerprint density at radius 2 is 1.42 bits per heavy atom. The lowest BCUT2D eigenvalue weighted by Gasteiger charge is -2.05. The Balaban J connectivity index is 1.90. The molecular formula is C16H9F2N3O3. The molecule has 0 bridgehead atoms. The number of hydrogen-bond donors (Lipinski definition) is 2. The van der Waals surface area contributed by atoms with E-state index in [9.17, 15) is 23.2 Å². The summed E-state index contributed by atoms with van der Waals surface area (Å²) in [7, 11) is 0. The number of amides is 2. The van der Waals surface area contributed by atoms with Gasteiger partial charge in [-0.1, -0.05) is 30.3 Å². The lowest BCUT2D eigenvalue weighted by molar-refractivity contribution is 0.252. The summed E-state index contributed by atoms with van der Waals surface area (Å²) < 4.78 is 26.9. The van der Waals surface area contributed by atoms with E-state index in [2.05, 4.69) is 5.10 Å². The Morgan fingerprint density at radius 3 is 1.96 bits per heavy atom. The molecule has 0 fully saturated rings. The van der Waals surface area contributed by atoms with Crippen molar-refractivity contribution in [1.82, 2.24) is 5.43 Å². The van der Waals surface area contributed by atoms with Crippen LogP contribution in [0.4, 0.5) is 19.3 Å². The van der Waals surface area contributed by atoms with Gasteiger partial charge in [-0.3, -0.25) is 9.59 Å². The summed E-state index contributed by atoms with van der Waals surface area (Å²) in [6.07, 6.45) is 0. The zero-order chi connectivity index (χ0) is 17.3. The fraction of sp³-hybridized carbons (Fsp3) is 0. The second-order valence-electron chi connectivity index (χ2n) is 4.83. The van der Waals surface area contributed by atoms with Crippen molar-refractivity contribution in [2.75, 3.05) is 5.32 Å². The van der Waals surface area contributed by atoms with E-state index in [-0.39, 0.29) is 10.8 Å². The maximum Gasteiger partial charge on any atom is 0.339 e. The van der Waals surface area contributed by atoms with Crippen LogP contribution in [0.2, 0.25) is 0 Å². The van der Waals surface area contributed by atoms with Crippen LogP contribution in [-0.2, 0) is 0 Å². The van der Waals surface area contributed by atoms with Gasteiger partial charge < -0.3 is 5.32 Å². The second-order valence-corrected chi connectivity index (χ2v) is 4.83. The predicted octanol–water partition coefficient (Wildman–Crippen LogP) is 1.35. The molecule has 0 aliphatic heterocycles. The van der Waals surface area contributed by atoms with Crippen molar-refractivity contribution >= 4 is 22.5 Å². The number of carbonyl (C=O) groups is 1. The number of para-hydroxylation sites is 1. The molecule has 0 unspecified atom stereocenters. The number of urea groups is 1. The third kappa shape index (κ3) is 2.65. The summed E-state index contributed by atoms with van der Waals surface area (Å²) in [5.41, 5.74) is -0.0412. The first kappa shape index (κ1) is 15.5. The Morgan fingerprint density at radius 1 is 0.875 bits per heavy atom. The number of benzene rings is 2. The van der Waals surface area contributed by atoms with Gasteiger partial charge in [-0.25, -0.2) is 19.0 Å². The van der Waals surface area contributed by atoms with E-state index in [0.29, 0.717) is 0 Å². The molecule has 0 spiro atoms. The Kier molecular flexibility index (Phi) is 3.87. The lowest BCUT2D eigenvalue weighted by atomic mass is 10.2. The van der Waals surface area contributed by atoms with Crippen molar-refractivity contribution < 1.29 is 13.6 Å².